The number of hydrogen-bond acceptors (Lipinski definition) is 2. The van der Waals surface area contributed by atoms with E-state index in [2.05, 4.69) is 0 Å². The van der Waals surface area contributed by atoms with Crippen LogP contribution in [0.25, 0.3) is 5.57 Å². The Kier molecular flexibility index (Phi) is 4.27. The Labute approximate surface area is 144 Å². The standard InChI is InChI=1S/C20H19F3O2/c1-4-24-15-9-10-16-17(12-19(2,3)25-18(16)11-15)13-5-7-14(8-6-13)20(21,22)23/h5-12H,4H2,1-3H3. The topological polar surface area (TPSA) is 18.5 Å². The highest BCUT2D eigenvalue weighted by Gasteiger charge is 2.31. The molecule has 0 amide bonds. The van der Waals surface area contributed by atoms with Crippen LogP contribution in [-0.4, -0.2) is 12.2 Å². The molecule has 1 aliphatic heterocycles. The molecule has 2 aromatic carbocycles. The number of rotatable bonds is 3. The minimum atomic E-state index is -4.34. The molecule has 0 saturated heterocycles. The third-order valence-electron chi connectivity index (χ3n) is 3.94. The predicted octanol–water partition coefficient (Wildman–Crippen LogP) is 5.71. The maximum Gasteiger partial charge on any atom is 0.416 e. The summed E-state index contributed by atoms with van der Waals surface area (Å²) in [6, 6.07) is 10.7. The zero-order valence-electron chi connectivity index (χ0n) is 14.3. The molecule has 132 valence electrons. The molecule has 0 N–H and O–H groups in total. The molecule has 25 heavy (non-hydrogen) atoms. The SMILES string of the molecule is CCOc1ccc2c(c1)OC(C)(C)C=C2c1ccc(C(F)(F)F)cc1. The fourth-order valence-electron chi connectivity index (χ4n) is 2.88. The summed E-state index contributed by atoms with van der Waals surface area (Å²) in [4.78, 5) is 0. The second kappa shape index (κ2) is 6.14. The quantitative estimate of drug-likeness (QED) is 0.708. The van der Waals surface area contributed by atoms with Gasteiger partial charge in [-0.05, 0) is 62.2 Å². The van der Waals surface area contributed by atoms with E-state index in [4.69, 9.17) is 9.47 Å². The third kappa shape index (κ3) is 3.65. The van der Waals surface area contributed by atoms with E-state index in [0.717, 1.165) is 28.8 Å². The molecule has 0 bridgehead atoms. The van der Waals surface area contributed by atoms with Crippen LogP contribution in [0.4, 0.5) is 13.2 Å². The molecule has 0 aromatic heterocycles. The van der Waals surface area contributed by atoms with Crippen LogP contribution in [-0.2, 0) is 6.18 Å². The molecule has 2 nitrogen and oxygen atoms in total. The molecule has 1 heterocycles. The summed E-state index contributed by atoms with van der Waals surface area (Å²) < 4.78 is 49.9. The van der Waals surface area contributed by atoms with Gasteiger partial charge in [0.2, 0.25) is 0 Å². The van der Waals surface area contributed by atoms with Gasteiger partial charge < -0.3 is 9.47 Å². The van der Waals surface area contributed by atoms with Crippen molar-refractivity contribution in [1.29, 1.82) is 0 Å². The molecule has 3 rings (SSSR count). The summed E-state index contributed by atoms with van der Waals surface area (Å²) in [5, 5.41) is 0. The molecule has 0 radical (unpaired) electrons. The van der Waals surface area contributed by atoms with Crippen LogP contribution >= 0.6 is 0 Å². The monoisotopic (exact) mass is 348 g/mol. The molecule has 0 spiro atoms. The molecule has 0 unspecified atom stereocenters. The van der Waals surface area contributed by atoms with E-state index in [1.165, 1.54) is 12.1 Å². The summed E-state index contributed by atoms with van der Waals surface area (Å²) in [7, 11) is 0. The third-order valence-corrected chi connectivity index (χ3v) is 3.94. The predicted molar refractivity (Wildman–Crippen MR) is 90.8 cm³/mol. The molecule has 0 atom stereocenters. The Hall–Kier alpha value is -2.43. The van der Waals surface area contributed by atoms with Gasteiger partial charge in [-0.1, -0.05) is 12.1 Å². The minimum Gasteiger partial charge on any atom is -0.494 e. The Morgan fingerprint density at radius 2 is 1.72 bits per heavy atom. The van der Waals surface area contributed by atoms with Gasteiger partial charge in [0.25, 0.3) is 0 Å². The average molecular weight is 348 g/mol. The molecular formula is C20H19F3O2. The van der Waals surface area contributed by atoms with Crippen LogP contribution in [0.3, 0.4) is 0 Å². The zero-order valence-corrected chi connectivity index (χ0v) is 14.3. The number of alkyl halides is 3. The van der Waals surface area contributed by atoms with Crippen LogP contribution in [0.2, 0.25) is 0 Å². The van der Waals surface area contributed by atoms with Gasteiger partial charge >= 0.3 is 6.18 Å². The molecule has 0 saturated carbocycles. The van der Waals surface area contributed by atoms with Crippen LogP contribution in [0.5, 0.6) is 11.5 Å². The Balaban J connectivity index is 2.05. The summed E-state index contributed by atoms with van der Waals surface area (Å²) >= 11 is 0. The molecule has 0 aliphatic carbocycles. The fraction of sp³-hybridized carbons (Fsp3) is 0.300. The van der Waals surface area contributed by atoms with Crippen LogP contribution in [0.15, 0.2) is 48.5 Å². The lowest BCUT2D eigenvalue weighted by molar-refractivity contribution is -0.137. The maximum atomic E-state index is 12.8. The first-order valence-electron chi connectivity index (χ1n) is 8.06. The van der Waals surface area contributed by atoms with Gasteiger partial charge in [0.05, 0.1) is 12.2 Å². The Morgan fingerprint density at radius 3 is 2.32 bits per heavy atom. The lowest BCUT2D eigenvalue weighted by Gasteiger charge is -2.31. The van der Waals surface area contributed by atoms with Crippen molar-refractivity contribution in [3.8, 4) is 11.5 Å². The number of fused-ring (bicyclic) bond motifs is 1. The van der Waals surface area contributed by atoms with Gasteiger partial charge in [0.15, 0.2) is 0 Å². The van der Waals surface area contributed by atoms with E-state index in [1.54, 1.807) is 0 Å². The normalized spacial score (nSPS) is 15.8. The zero-order chi connectivity index (χ0) is 18.2. The minimum absolute atomic E-state index is 0.545. The lowest BCUT2D eigenvalue weighted by atomic mass is 9.89. The summed E-state index contributed by atoms with van der Waals surface area (Å²) in [5.74, 6) is 1.36. The van der Waals surface area contributed by atoms with Crippen molar-refractivity contribution >= 4 is 5.57 Å². The van der Waals surface area contributed by atoms with Gasteiger partial charge in [-0.3, -0.25) is 0 Å². The summed E-state index contributed by atoms with van der Waals surface area (Å²) in [6.07, 6.45) is -2.41. The Bertz CT molecular complexity index is 803. The van der Waals surface area contributed by atoms with Crippen LogP contribution < -0.4 is 9.47 Å². The van der Waals surface area contributed by atoms with Crippen molar-refractivity contribution in [1.82, 2.24) is 0 Å². The van der Waals surface area contributed by atoms with E-state index in [0.29, 0.717) is 18.1 Å². The second-order valence-electron chi connectivity index (χ2n) is 6.43. The van der Waals surface area contributed by atoms with Crippen molar-refractivity contribution in [3.05, 3.63) is 65.2 Å². The van der Waals surface area contributed by atoms with Gasteiger partial charge in [0.1, 0.15) is 17.1 Å². The molecule has 5 heteroatoms. The first kappa shape index (κ1) is 17.4. The highest BCUT2D eigenvalue weighted by atomic mass is 19.4. The molecule has 0 fully saturated rings. The van der Waals surface area contributed by atoms with E-state index in [-0.39, 0.29) is 0 Å². The Morgan fingerprint density at radius 1 is 1.04 bits per heavy atom. The van der Waals surface area contributed by atoms with Crippen LogP contribution in [0.1, 0.15) is 37.5 Å². The summed E-state index contributed by atoms with van der Waals surface area (Å²) in [5.41, 5.74) is 1.17. The maximum absolute atomic E-state index is 12.8. The van der Waals surface area contributed by atoms with Crippen molar-refractivity contribution in [3.63, 3.8) is 0 Å². The number of ether oxygens (including phenoxy) is 2. The molecule has 1 aliphatic rings. The van der Waals surface area contributed by atoms with Crippen molar-refractivity contribution in [2.75, 3.05) is 6.61 Å². The van der Waals surface area contributed by atoms with Crippen molar-refractivity contribution in [2.45, 2.75) is 32.5 Å². The van der Waals surface area contributed by atoms with Crippen molar-refractivity contribution in [2.24, 2.45) is 0 Å². The fourth-order valence-corrected chi connectivity index (χ4v) is 2.88. The van der Waals surface area contributed by atoms with E-state index in [9.17, 15) is 13.2 Å². The lowest BCUT2D eigenvalue weighted by Crippen LogP contribution is -2.29. The van der Waals surface area contributed by atoms with Gasteiger partial charge in [0, 0.05) is 11.6 Å². The first-order chi connectivity index (χ1) is 11.7. The molecular weight excluding hydrogens is 329 g/mol. The highest BCUT2D eigenvalue weighted by molar-refractivity contribution is 5.85. The molecule has 2 aromatic rings. The second-order valence-corrected chi connectivity index (χ2v) is 6.43. The largest absolute Gasteiger partial charge is 0.494 e. The number of benzene rings is 2. The van der Waals surface area contributed by atoms with E-state index < -0.39 is 17.3 Å². The van der Waals surface area contributed by atoms with E-state index >= 15 is 0 Å². The summed E-state index contributed by atoms with van der Waals surface area (Å²) in [6.45, 7) is 6.27. The van der Waals surface area contributed by atoms with Crippen molar-refractivity contribution < 1.29 is 22.6 Å². The highest BCUT2D eigenvalue weighted by Crippen LogP contribution is 2.41. The number of halogens is 3. The van der Waals surface area contributed by atoms with Gasteiger partial charge in [-0.15, -0.1) is 0 Å². The van der Waals surface area contributed by atoms with Gasteiger partial charge in [-0.2, -0.15) is 13.2 Å². The average Bonchev–Trinajstić information content (AvgIpc) is 2.52. The van der Waals surface area contributed by atoms with Gasteiger partial charge in [-0.25, -0.2) is 0 Å². The van der Waals surface area contributed by atoms with E-state index in [1.807, 2.05) is 45.0 Å². The number of hydrogen-bond donors (Lipinski definition) is 0. The first-order valence-corrected chi connectivity index (χ1v) is 8.06. The van der Waals surface area contributed by atoms with Crippen LogP contribution in [0, 0.1) is 0 Å². The smallest absolute Gasteiger partial charge is 0.416 e.